The van der Waals surface area contributed by atoms with E-state index in [2.05, 4.69) is 29.1 Å². The van der Waals surface area contributed by atoms with Crippen LogP contribution >= 0.6 is 11.8 Å². The molecular weight excluding hydrogens is 372 g/mol. The molecule has 2 aliphatic rings. The first kappa shape index (κ1) is 18.8. The molecule has 0 amide bonds. The number of nitrogens with one attached hydrogen (secondary N) is 1. The van der Waals surface area contributed by atoms with Gasteiger partial charge < -0.3 is 16.2 Å². The monoisotopic (exact) mass is 396 g/mol. The Labute approximate surface area is 168 Å². The summed E-state index contributed by atoms with van der Waals surface area (Å²) in [5.74, 6) is 1.87. The molecule has 0 bridgehead atoms. The number of phenols is 1. The van der Waals surface area contributed by atoms with Crippen molar-refractivity contribution in [2.45, 2.75) is 44.7 Å². The Morgan fingerprint density at radius 1 is 1.25 bits per heavy atom. The van der Waals surface area contributed by atoms with E-state index in [4.69, 9.17) is 5.73 Å². The van der Waals surface area contributed by atoms with Crippen LogP contribution in [0.25, 0.3) is 0 Å². The highest BCUT2D eigenvalue weighted by atomic mass is 32.2. The Kier molecular flexibility index (Phi) is 4.57. The molecule has 1 aliphatic heterocycles. The number of nitrogen functional groups attached to an aromatic ring is 1. The van der Waals surface area contributed by atoms with E-state index < -0.39 is 0 Å². The highest BCUT2D eigenvalue weighted by Crippen LogP contribution is 2.50. The van der Waals surface area contributed by atoms with Crippen molar-refractivity contribution in [3.05, 3.63) is 46.7 Å². The first-order valence-corrected chi connectivity index (χ1v) is 10.4. The van der Waals surface area contributed by atoms with Crippen molar-refractivity contribution in [3.63, 3.8) is 0 Å². The molecule has 7 heteroatoms. The van der Waals surface area contributed by atoms with Crippen molar-refractivity contribution in [3.8, 4) is 5.75 Å². The highest BCUT2D eigenvalue weighted by Gasteiger charge is 2.42. The van der Waals surface area contributed by atoms with Crippen molar-refractivity contribution < 1.29 is 9.90 Å². The molecule has 4 rings (SSSR count). The topological polar surface area (TPSA) is 101 Å². The SMILES string of the molecule is CCSc1nc(N)c2c(n1)NC1=C(C(=O)CC(C)(C)C1)[C@@H]2c1ccc(O)cc1. The molecular formula is C21H24N4O2S. The van der Waals surface area contributed by atoms with Gasteiger partial charge in [0.15, 0.2) is 10.9 Å². The second kappa shape index (κ2) is 6.81. The molecule has 0 spiro atoms. The number of thioether (sulfide) groups is 1. The number of carbonyl (C=O) groups excluding carboxylic acids is 1. The zero-order valence-corrected chi connectivity index (χ0v) is 17.1. The fourth-order valence-corrected chi connectivity index (χ4v) is 4.68. The van der Waals surface area contributed by atoms with Gasteiger partial charge in [0.05, 0.1) is 0 Å². The zero-order valence-electron chi connectivity index (χ0n) is 16.2. The van der Waals surface area contributed by atoms with Crippen molar-refractivity contribution in [2.75, 3.05) is 16.8 Å². The van der Waals surface area contributed by atoms with Gasteiger partial charge in [0.2, 0.25) is 0 Å². The standard InChI is InChI=1S/C21H24N4O2S/c1-4-28-20-24-18(22)17-15(11-5-7-12(26)8-6-11)16-13(23-19(17)25-20)9-21(2,3)10-14(16)27/h5-8,15,26H,4,9-10H2,1-3H3,(H3,22,23,24,25)/t15-/m0/s1. The number of aromatic nitrogens is 2. The minimum Gasteiger partial charge on any atom is -0.508 e. The lowest BCUT2D eigenvalue weighted by atomic mass is 9.69. The molecule has 4 N–H and O–H groups in total. The molecule has 1 aliphatic carbocycles. The Morgan fingerprint density at radius 3 is 2.64 bits per heavy atom. The lowest BCUT2D eigenvalue weighted by molar-refractivity contribution is -0.118. The smallest absolute Gasteiger partial charge is 0.191 e. The molecule has 2 aromatic rings. The van der Waals surface area contributed by atoms with E-state index in [0.717, 1.165) is 34.6 Å². The maximum atomic E-state index is 13.2. The van der Waals surface area contributed by atoms with Gasteiger partial charge in [0.1, 0.15) is 17.4 Å². The number of benzene rings is 1. The van der Waals surface area contributed by atoms with E-state index >= 15 is 0 Å². The van der Waals surface area contributed by atoms with Crippen LogP contribution in [0.2, 0.25) is 0 Å². The summed E-state index contributed by atoms with van der Waals surface area (Å²) in [6.45, 7) is 6.25. The van der Waals surface area contributed by atoms with E-state index in [1.54, 1.807) is 12.1 Å². The zero-order chi connectivity index (χ0) is 20.1. The third-order valence-corrected chi connectivity index (χ3v) is 5.95. The van der Waals surface area contributed by atoms with E-state index in [1.807, 2.05) is 19.1 Å². The Bertz CT molecular complexity index is 983. The molecule has 146 valence electrons. The molecule has 2 heterocycles. The summed E-state index contributed by atoms with van der Waals surface area (Å²) < 4.78 is 0. The minimum atomic E-state index is -0.337. The number of nitrogens with zero attached hydrogens (tertiary/aromatic N) is 2. The second-order valence-electron chi connectivity index (χ2n) is 8.07. The fourth-order valence-electron chi connectivity index (χ4n) is 4.11. The molecule has 6 nitrogen and oxygen atoms in total. The van der Waals surface area contributed by atoms with Gasteiger partial charge in [-0.1, -0.05) is 44.7 Å². The molecule has 0 radical (unpaired) electrons. The average molecular weight is 397 g/mol. The van der Waals surface area contributed by atoms with Crippen LogP contribution in [0.15, 0.2) is 40.7 Å². The van der Waals surface area contributed by atoms with Gasteiger partial charge in [0, 0.05) is 29.2 Å². The van der Waals surface area contributed by atoms with Gasteiger partial charge in [-0.3, -0.25) is 4.79 Å². The van der Waals surface area contributed by atoms with Crippen LogP contribution in [0.5, 0.6) is 5.75 Å². The molecule has 0 saturated heterocycles. The van der Waals surface area contributed by atoms with Gasteiger partial charge in [-0.25, -0.2) is 9.97 Å². The largest absolute Gasteiger partial charge is 0.508 e. The van der Waals surface area contributed by atoms with Crippen molar-refractivity contribution in [1.29, 1.82) is 0 Å². The summed E-state index contributed by atoms with van der Waals surface area (Å²) in [4.78, 5) is 22.3. The first-order chi connectivity index (χ1) is 13.3. The minimum absolute atomic E-state index is 0.112. The second-order valence-corrected chi connectivity index (χ2v) is 9.30. The third-order valence-electron chi connectivity index (χ3n) is 5.22. The number of Topliss-reactive ketones (excluding diaryl/α,β-unsaturated/α-hetero) is 1. The number of carbonyl (C=O) groups is 1. The molecule has 0 unspecified atom stereocenters. The van der Waals surface area contributed by atoms with Crippen LogP contribution < -0.4 is 11.1 Å². The molecule has 1 aromatic carbocycles. The summed E-state index contributed by atoms with van der Waals surface area (Å²) in [7, 11) is 0. The Balaban J connectivity index is 1.93. The van der Waals surface area contributed by atoms with E-state index in [1.165, 1.54) is 11.8 Å². The summed E-state index contributed by atoms with van der Waals surface area (Å²) in [6.07, 6.45) is 1.25. The van der Waals surface area contributed by atoms with Crippen LogP contribution in [-0.2, 0) is 4.79 Å². The average Bonchev–Trinajstić information content (AvgIpc) is 2.60. The number of aromatic hydroxyl groups is 1. The fraction of sp³-hybridized carbons (Fsp3) is 0.381. The normalized spacial score (nSPS) is 20.4. The number of nitrogens with two attached hydrogens (primary N) is 1. The number of hydrogen-bond donors (Lipinski definition) is 3. The quantitative estimate of drug-likeness (QED) is 0.531. The molecule has 28 heavy (non-hydrogen) atoms. The van der Waals surface area contributed by atoms with Crippen molar-refractivity contribution >= 4 is 29.2 Å². The summed E-state index contributed by atoms with van der Waals surface area (Å²) in [5.41, 5.74) is 9.53. The van der Waals surface area contributed by atoms with Crippen LogP contribution in [0, 0.1) is 5.41 Å². The van der Waals surface area contributed by atoms with Gasteiger partial charge in [-0.05, 0) is 35.3 Å². The predicted octanol–water partition coefficient (Wildman–Crippen LogP) is 4.08. The first-order valence-electron chi connectivity index (χ1n) is 9.41. The summed E-state index contributed by atoms with van der Waals surface area (Å²) in [5, 5.41) is 13.7. The van der Waals surface area contributed by atoms with Crippen molar-refractivity contribution in [2.24, 2.45) is 5.41 Å². The highest BCUT2D eigenvalue weighted by molar-refractivity contribution is 7.99. The van der Waals surface area contributed by atoms with E-state index in [9.17, 15) is 9.90 Å². The van der Waals surface area contributed by atoms with E-state index in [0.29, 0.717) is 23.2 Å². The van der Waals surface area contributed by atoms with Crippen LogP contribution in [0.4, 0.5) is 11.6 Å². The van der Waals surface area contributed by atoms with Crippen LogP contribution in [0.3, 0.4) is 0 Å². The number of allylic oxidation sites excluding steroid dienone is 2. The number of hydrogen-bond acceptors (Lipinski definition) is 7. The number of ketones is 1. The van der Waals surface area contributed by atoms with Gasteiger partial charge in [-0.15, -0.1) is 0 Å². The third kappa shape index (κ3) is 3.24. The van der Waals surface area contributed by atoms with Gasteiger partial charge in [-0.2, -0.15) is 0 Å². The van der Waals surface area contributed by atoms with E-state index in [-0.39, 0.29) is 22.9 Å². The Morgan fingerprint density at radius 2 is 1.96 bits per heavy atom. The van der Waals surface area contributed by atoms with Crippen LogP contribution in [0.1, 0.15) is 50.7 Å². The lowest BCUT2D eigenvalue weighted by Crippen LogP contribution is -2.34. The Hall–Kier alpha value is -2.54. The number of rotatable bonds is 3. The number of fused-ring (bicyclic) bond motifs is 1. The molecule has 1 atom stereocenters. The van der Waals surface area contributed by atoms with Gasteiger partial charge in [0.25, 0.3) is 0 Å². The van der Waals surface area contributed by atoms with Crippen LogP contribution in [-0.4, -0.2) is 26.6 Å². The summed E-state index contributed by atoms with van der Waals surface area (Å²) in [6, 6.07) is 6.93. The maximum Gasteiger partial charge on any atom is 0.191 e. The summed E-state index contributed by atoms with van der Waals surface area (Å²) >= 11 is 1.53. The van der Waals surface area contributed by atoms with Crippen molar-refractivity contribution in [1.82, 2.24) is 9.97 Å². The maximum absolute atomic E-state index is 13.2. The number of anilines is 2. The lowest BCUT2D eigenvalue weighted by Gasteiger charge is -2.39. The molecule has 1 aromatic heterocycles. The van der Waals surface area contributed by atoms with Gasteiger partial charge >= 0.3 is 0 Å². The predicted molar refractivity (Wildman–Crippen MR) is 111 cm³/mol. The molecule has 0 fully saturated rings. The molecule has 0 saturated carbocycles. The number of phenolic OH excluding ortho intramolecular Hbond substituents is 1.